The molecule has 12 nitrogen and oxygen atoms in total. The second-order valence-corrected chi connectivity index (χ2v) is 9.06. The molecule has 34 heavy (non-hydrogen) atoms. The number of aliphatic hydroxyl groups is 1. The molecular formula is C22H20N4O8. The van der Waals surface area contributed by atoms with Gasteiger partial charge in [-0.2, -0.15) is 0 Å². The van der Waals surface area contributed by atoms with Gasteiger partial charge in [0.25, 0.3) is 11.6 Å². The van der Waals surface area contributed by atoms with Gasteiger partial charge in [-0.05, 0) is 30.2 Å². The van der Waals surface area contributed by atoms with Crippen LogP contribution in [0.3, 0.4) is 0 Å². The lowest BCUT2D eigenvalue weighted by atomic mass is 9.73. The monoisotopic (exact) mass is 468 g/mol. The summed E-state index contributed by atoms with van der Waals surface area (Å²) in [6, 6.07) is 7.15. The highest BCUT2D eigenvalue weighted by Gasteiger charge is 2.73. The molecule has 4 heterocycles. The van der Waals surface area contributed by atoms with Crippen molar-refractivity contribution in [3.8, 4) is 11.5 Å². The molecule has 0 bridgehead atoms. The van der Waals surface area contributed by atoms with Crippen LogP contribution in [0.1, 0.15) is 23.5 Å². The van der Waals surface area contributed by atoms with Crippen LogP contribution in [0.25, 0.3) is 0 Å². The minimum absolute atomic E-state index is 0.0187. The van der Waals surface area contributed by atoms with Gasteiger partial charge in [0.15, 0.2) is 11.5 Å². The Hall–Kier alpha value is -3.77. The van der Waals surface area contributed by atoms with E-state index in [1.165, 1.54) is 23.1 Å². The summed E-state index contributed by atoms with van der Waals surface area (Å²) >= 11 is 0. The van der Waals surface area contributed by atoms with Gasteiger partial charge in [0.1, 0.15) is 5.54 Å². The normalized spacial score (nSPS) is 31.2. The molecule has 12 heteroatoms. The maximum atomic E-state index is 14.1. The van der Waals surface area contributed by atoms with Gasteiger partial charge in [-0.15, -0.1) is 0 Å². The van der Waals surface area contributed by atoms with E-state index in [1.807, 2.05) is 0 Å². The number of nitro groups is 2. The molecule has 2 saturated heterocycles. The number of fused-ring (bicyclic) bond motifs is 5. The third-order valence-electron chi connectivity index (χ3n) is 7.55. The van der Waals surface area contributed by atoms with Crippen LogP contribution in [0.5, 0.6) is 11.5 Å². The summed E-state index contributed by atoms with van der Waals surface area (Å²) in [5.41, 5.74) is -0.530. The maximum Gasteiger partial charge on any atom is 0.269 e. The Bertz CT molecular complexity index is 1270. The third-order valence-corrected chi connectivity index (χ3v) is 7.55. The number of rotatable bonds is 3. The Morgan fingerprint density at radius 3 is 2.62 bits per heavy atom. The summed E-state index contributed by atoms with van der Waals surface area (Å²) in [7, 11) is 1.56. The fraction of sp³-hybridized carbons (Fsp3) is 0.409. The molecule has 1 amide bonds. The van der Waals surface area contributed by atoms with Gasteiger partial charge >= 0.3 is 0 Å². The van der Waals surface area contributed by atoms with E-state index in [9.17, 15) is 30.1 Å². The van der Waals surface area contributed by atoms with Crippen LogP contribution < -0.4 is 14.4 Å². The summed E-state index contributed by atoms with van der Waals surface area (Å²) in [4.78, 5) is 40.3. The molecule has 4 aliphatic heterocycles. The molecule has 5 atom stereocenters. The van der Waals surface area contributed by atoms with Crippen molar-refractivity contribution in [3.63, 3.8) is 0 Å². The average Bonchev–Trinajstić information content (AvgIpc) is 3.53. The van der Waals surface area contributed by atoms with Crippen molar-refractivity contribution in [2.75, 3.05) is 25.3 Å². The number of anilines is 1. The number of benzene rings is 2. The summed E-state index contributed by atoms with van der Waals surface area (Å²) in [6.45, 7) is 0.0582. The van der Waals surface area contributed by atoms with Gasteiger partial charge in [0.2, 0.25) is 12.8 Å². The zero-order valence-corrected chi connectivity index (χ0v) is 18.0. The summed E-state index contributed by atoms with van der Waals surface area (Å²) in [5, 5.41) is 34.6. The predicted octanol–water partition coefficient (Wildman–Crippen LogP) is 1.37. The SMILES string of the molecule is CN1C(=O)[C@]2(c3cc([N+](=O)[O-])ccc31)[C@@H](c1ccc3c(c1)OCO3)[C@H]([N+](=O)[O-])[C@@H]1C[C@@H](O)CN12. The zero-order valence-electron chi connectivity index (χ0n) is 18.0. The molecule has 0 unspecified atom stereocenters. The van der Waals surface area contributed by atoms with E-state index >= 15 is 0 Å². The van der Waals surface area contributed by atoms with E-state index in [2.05, 4.69) is 0 Å². The van der Waals surface area contributed by atoms with Crippen molar-refractivity contribution in [2.24, 2.45) is 0 Å². The highest BCUT2D eigenvalue weighted by atomic mass is 16.7. The molecule has 1 N–H and O–H groups in total. The molecular weight excluding hydrogens is 448 g/mol. The minimum Gasteiger partial charge on any atom is -0.454 e. The number of hydrogen-bond donors (Lipinski definition) is 1. The fourth-order valence-electron chi connectivity index (χ4n) is 6.32. The van der Waals surface area contributed by atoms with E-state index in [0.717, 1.165) is 0 Å². The van der Waals surface area contributed by atoms with Gasteiger partial charge < -0.3 is 19.5 Å². The zero-order chi connectivity index (χ0) is 23.9. The number of hydrogen-bond acceptors (Lipinski definition) is 9. The van der Waals surface area contributed by atoms with Crippen molar-refractivity contribution in [1.29, 1.82) is 0 Å². The smallest absolute Gasteiger partial charge is 0.269 e. The molecule has 0 radical (unpaired) electrons. The Labute approximate surface area is 192 Å². The first-order chi connectivity index (χ1) is 16.2. The van der Waals surface area contributed by atoms with Gasteiger partial charge in [-0.1, -0.05) is 6.07 Å². The number of carbonyl (C=O) groups is 1. The van der Waals surface area contributed by atoms with Gasteiger partial charge in [-0.3, -0.25) is 29.9 Å². The van der Waals surface area contributed by atoms with Crippen LogP contribution >= 0.6 is 0 Å². The van der Waals surface area contributed by atoms with Crippen LogP contribution in [0, 0.1) is 20.2 Å². The van der Waals surface area contributed by atoms with Gasteiger partial charge in [0.05, 0.1) is 23.0 Å². The number of likely N-dealkylation sites (N-methyl/N-ethyl adjacent to an activating group) is 1. The Kier molecular flexibility index (Phi) is 4.20. The van der Waals surface area contributed by atoms with Crippen molar-refractivity contribution >= 4 is 17.3 Å². The second-order valence-electron chi connectivity index (χ2n) is 9.06. The lowest BCUT2D eigenvalue weighted by Gasteiger charge is -2.37. The van der Waals surface area contributed by atoms with Crippen LogP contribution in [-0.4, -0.2) is 64.3 Å². The van der Waals surface area contributed by atoms with Crippen molar-refractivity contribution in [3.05, 3.63) is 67.8 Å². The lowest BCUT2D eigenvalue weighted by molar-refractivity contribution is -0.527. The Morgan fingerprint density at radius 2 is 1.88 bits per heavy atom. The first kappa shape index (κ1) is 20.8. The summed E-state index contributed by atoms with van der Waals surface area (Å²) < 4.78 is 10.9. The Morgan fingerprint density at radius 1 is 1.12 bits per heavy atom. The standard InChI is InChI=1S/C22H20N4O8/c1-23-15-4-3-12(25(29)30)7-14(15)22(21(23)28)19(11-2-5-17-18(6-11)34-10-33-17)20(26(31)32)16-8-13(27)9-24(16)22/h2-7,13,16,19-20,27H,8-10H2,1H3/t13-,16+,19+,20-,22+/m1/s1. The highest BCUT2D eigenvalue weighted by molar-refractivity contribution is 6.09. The van der Waals surface area contributed by atoms with E-state index in [4.69, 9.17) is 9.47 Å². The van der Waals surface area contributed by atoms with Gasteiger partial charge in [0, 0.05) is 41.9 Å². The topological polar surface area (TPSA) is 149 Å². The molecule has 4 aliphatic rings. The molecule has 176 valence electrons. The molecule has 0 aromatic heterocycles. The van der Waals surface area contributed by atoms with Gasteiger partial charge in [-0.25, -0.2) is 0 Å². The minimum atomic E-state index is -1.59. The van der Waals surface area contributed by atoms with Crippen LogP contribution in [0.2, 0.25) is 0 Å². The highest BCUT2D eigenvalue weighted by Crippen LogP contribution is 2.61. The number of nitro benzene ring substituents is 1. The molecule has 0 saturated carbocycles. The number of aliphatic hydroxyl groups excluding tert-OH is 1. The fourth-order valence-corrected chi connectivity index (χ4v) is 6.32. The van der Waals surface area contributed by atoms with E-state index < -0.39 is 45.4 Å². The quantitative estimate of drug-likeness (QED) is 0.521. The summed E-state index contributed by atoms with van der Waals surface area (Å²) in [6.07, 6.45) is -0.738. The third kappa shape index (κ3) is 2.46. The Balaban J connectivity index is 1.65. The lowest BCUT2D eigenvalue weighted by Crippen LogP contribution is -2.52. The molecule has 2 fully saturated rings. The molecule has 2 aromatic rings. The molecule has 0 aliphatic carbocycles. The first-order valence-corrected chi connectivity index (χ1v) is 10.8. The molecule has 1 spiro atoms. The first-order valence-electron chi connectivity index (χ1n) is 10.8. The van der Waals surface area contributed by atoms with Crippen LogP contribution in [-0.2, 0) is 10.3 Å². The molecule has 2 aromatic carbocycles. The number of nitrogens with zero attached hydrogens (tertiary/aromatic N) is 4. The van der Waals surface area contributed by atoms with Crippen molar-refractivity contribution in [2.45, 2.75) is 36.1 Å². The largest absolute Gasteiger partial charge is 0.454 e. The predicted molar refractivity (Wildman–Crippen MR) is 115 cm³/mol. The maximum absolute atomic E-state index is 14.1. The van der Waals surface area contributed by atoms with Crippen molar-refractivity contribution < 1.29 is 29.2 Å². The molecule has 6 rings (SSSR count). The van der Waals surface area contributed by atoms with E-state index in [1.54, 1.807) is 30.1 Å². The van der Waals surface area contributed by atoms with E-state index in [0.29, 0.717) is 28.3 Å². The van der Waals surface area contributed by atoms with E-state index in [-0.39, 0.29) is 25.4 Å². The van der Waals surface area contributed by atoms with Crippen molar-refractivity contribution in [1.82, 2.24) is 4.90 Å². The summed E-state index contributed by atoms with van der Waals surface area (Å²) in [5.74, 6) is -0.489. The number of non-ortho nitro benzene ring substituents is 1. The number of ether oxygens (including phenoxy) is 2. The number of carbonyl (C=O) groups excluding carboxylic acids is 1. The van der Waals surface area contributed by atoms with Crippen LogP contribution in [0.4, 0.5) is 11.4 Å². The number of amides is 1. The second kappa shape index (κ2) is 6.87. The average molecular weight is 468 g/mol. The van der Waals surface area contributed by atoms with Crippen LogP contribution in [0.15, 0.2) is 36.4 Å².